The van der Waals surface area contributed by atoms with E-state index in [0.717, 1.165) is 5.56 Å². The molecule has 0 aromatic heterocycles. The number of rotatable bonds is 4. The van der Waals surface area contributed by atoms with Crippen LogP contribution in [0.25, 0.3) is 0 Å². The van der Waals surface area contributed by atoms with Gasteiger partial charge in [-0.3, -0.25) is 0 Å². The predicted molar refractivity (Wildman–Crippen MR) is 76.2 cm³/mol. The largest absolute Gasteiger partial charge is 0.497 e. The van der Waals surface area contributed by atoms with Crippen LogP contribution in [0.2, 0.25) is 0 Å². The van der Waals surface area contributed by atoms with Crippen molar-refractivity contribution < 1.29 is 17.9 Å². The van der Waals surface area contributed by atoms with E-state index in [2.05, 4.69) is 0 Å². The number of hydrogen-bond donors (Lipinski definition) is 0. The normalized spacial score (nSPS) is 11.2. The molecule has 0 radical (unpaired) electrons. The summed E-state index contributed by atoms with van der Waals surface area (Å²) in [6.07, 6.45) is 0. The molecule has 0 fully saturated rings. The predicted octanol–water partition coefficient (Wildman–Crippen LogP) is 2.85. The Morgan fingerprint density at radius 1 is 0.800 bits per heavy atom. The highest BCUT2D eigenvalue weighted by atomic mass is 32.2. The Morgan fingerprint density at radius 2 is 1.40 bits per heavy atom. The van der Waals surface area contributed by atoms with Crippen LogP contribution in [-0.4, -0.2) is 22.6 Å². The molecule has 0 aliphatic carbocycles. The summed E-state index contributed by atoms with van der Waals surface area (Å²) in [7, 11) is -0.506. The van der Waals surface area contributed by atoms with Crippen molar-refractivity contribution in [2.75, 3.05) is 14.2 Å². The molecule has 4 nitrogen and oxygen atoms in total. The van der Waals surface area contributed by atoms with Gasteiger partial charge in [-0.2, -0.15) is 0 Å². The van der Waals surface area contributed by atoms with Crippen LogP contribution in [0.4, 0.5) is 0 Å². The van der Waals surface area contributed by atoms with Gasteiger partial charge in [0, 0.05) is 0 Å². The maximum absolute atomic E-state index is 12.6. The van der Waals surface area contributed by atoms with Gasteiger partial charge in [-0.25, -0.2) is 8.42 Å². The zero-order valence-electron chi connectivity index (χ0n) is 11.6. The van der Waals surface area contributed by atoms with E-state index >= 15 is 0 Å². The third kappa shape index (κ3) is 2.77. The van der Waals surface area contributed by atoms with Gasteiger partial charge in [-0.05, 0) is 55.0 Å². The highest BCUT2D eigenvalue weighted by Gasteiger charge is 2.18. The van der Waals surface area contributed by atoms with Crippen molar-refractivity contribution >= 4 is 9.84 Å². The first-order chi connectivity index (χ1) is 9.47. The number of hydrogen-bond acceptors (Lipinski definition) is 4. The Hall–Kier alpha value is -2.01. The quantitative estimate of drug-likeness (QED) is 0.869. The topological polar surface area (TPSA) is 52.6 Å². The lowest BCUT2D eigenvalue weighted by atomic mass is 10.2. The summed E-state index contributed by atoms with van der Waals surface area (Å²) < 4.78 is 35.3. The van der Waals surface area contributed by atoms with Crippen LogP contribution in [0.15, 0.2) is 52.3 Å². The molecule has 0 aliphatic rings. The molecule has 2 rings (SSSR count). The molecule has 5 heteroatoms. The van der Waals surface area contributed by atoms with E-state index in [-0.39, 0.29) is 9.79 Å². The fourth-order valence-electron chi connectivity index (χ4n) is 1.88. The molecule has 20 heavy (non-hydrogen) atoms. The SMILES string of the molecule is COc1ccc(S(=O)(=O)c2cc(C)cc(OC)c2)cc1. The van der Waals surface area contributed by atoms with Gasteiger partial charge in [0.25, 0.3) is 0 Å². The third-order valence-corrected chi connectivity index (χ3v) is 4.69. The van der Waals surface area contributed by atoms with Crippen LogP contribution in [0, 0.1) is 6.92 Å². The first kappa shape index (κ1) is 14.4. The maximum Gasteiger partial charge on any atom is 0.206 e. The Kier molecular flexibility index (Phi) is 3.99. The summed E-state index contributed by atoms with van der Waals surface area (Å²) in [6, 6.07) is 11.2. The maximum atomic E-state index is 12.6. The van der Waals surface area contributed by atoms with Crippen LogP contribution in [0.1, 0.15) is 5.56 Å². The number of aryl methyl sites for hydroxylation is 1. The zero-order chi connectivity index (χ0) is 14.8. The van der Waals surface area contributed by atoms with Crippen LogP contribution in [0.3, 0.4) is 0 Å². The first-order valence-corrected chi connectivity index (χ1v) is 7.50. The van der Waals surface area contributed by atoms with Gasteiger partial charge in [0.05, 0.1) is 24.0 Å². The van der Waals surface area contributed by atoms with Crippen molar-refractivity contribution in [2.24, 2.45) is 0 Å². The monoisotopic (exact) mass is 292 g/mol. The minimum absolute atomic E-state index is 0.222. The van der Waals surface area contributed by atoms with Crippen molar-refractivity contribution in [3.63, 3.8) is 0 Å². The van der Waals surface area contributed by atoms with Gasteiger partial charge in [0.1, 0.15) is 11.5 Å². The molecule has 0 atom stereocenters. The van der Waals surface area contributed by atoms with Crippen molar-refractivity contribution in [3.8, 4) is 11.5 Å². The summed E-state index contributed by atoms with van der Waals surface area (Å²) >= 11 is 0. The van der Waals surface area contributed by atoms with E-state index in [9.17, 15) is 8.42 Å². The number of ether oxygens (including phenoxy) is 2. The highest BCUT2D eigenvalue weighted by Crippen LogP contribution is 2.27. The van der Waals surface area contributed by atoms with Gasteiger partial charge in [0.15, 0.2) is 0 Å². The summed E-state index contributed by atoms with van der Waals surface area (Å²) in [4.78, 5) is 0.450. The van der Waals surface area contributed by atoms with Crippen LogP contribution in [0.5, 0.6) is 11.5 Å². The molecule has 0 saturated carbocycles. The second kappa shape index (κ2) is 5.54. The lowest BCUT2D eigenvalue weighted by molar-refractivity contribution is 0.413. The zero-order valence-corrected chi connectivity index (χ0v) is 12.4. The molecule has 0 bridgehead atoms. The van der Waals surface area contributed by atoms with Crippen molar-refractivity contribution in [3.05, 3.63) is 48.0 Å². The fourth-order valence-corrected chi connectivity index (χ4v) is 3.26. The molecule has 0 unspecified atom stereocenters. The Labute approximate surface area is 118 Å². The number of methoxy groups -OCH3 is 2. The molecular weight excluding hydrogens is 276 g/mol. The van der Waals surface area contributed by atoms with E-state index < -0.39 is 9.84 Å². The fraction of sp³-hybridized carbons (Fsp3) is 0.200. The average molecular weight is 292 g/mol. The number of benzene rings is 2. The summed E-state index contributed by atoms with van der Waals surface area (Å²) in [6.45, 7) is 1.83. The van der Waals surface area contributed by atoms with Gasteiger partial charge in [-0.15, -0.1) is 0 Å². The van der Waals surface area contributed by atoms with Crippen molar-refractivity contribution in [1.29, 1.82) is 0 Å². The molecule has 106 valence electrons. The molecule has 2 aromatic carbocycles. The van der Waals surface area contributed by atoms with Crippen LogP contribution >= 0.6 is 0 Å². The summed E-state index contributed by atoms with van der Waals surface area (Å²) in [5.74, 6) is 1.14. The Balaban J connectivity index is 2.51. The minimum atomic E-state index is -3.55. The highest BCUT2D eigenvalue weighted by molar-refractivity contribution is 7.91. The molecule has 0 N–H and O–H groups in total. The Bertz CT molecular complexity index is 703. The van der Waals surface area contributed by atoms with E-state index in [1.807, 2.05) is 6.92 Å². The molecule has 0 heterocycles. The Morgan fingerprint density at radius 3 is 1.95 bits per heavy atom. The van der Waals surface area contributed by atoms with E-state index in [4.69, 9.17) is 9.47 Å². The molecule has 0 spiro atoms. The minimum Gasteiger partial charge on any atom is -0.497 e. The molecule has 0 amide bonds. The molecule has 0 aliphatic heterocycles. The van der Waals surface area contributed by atoms with Crippen LogP contribution in [-0.2, 0) is 9.84 Å². The van der Waals surface area contributed by atoms with Gasteiger partial charge in [0.2, 0.25) is 9.84 Å². The van der Waals surface area contributed by atoms with Gasteiger partial charge >= 0.3 is 0 Å². The molecular formula is C15H16O4S. The summed E-state index contributed by atoms with van der Waals surface area (Å²) in [5, 5.41) is 0. The van der Waals surface area contributed by atoms with Crippen molar-refractivity contribution in [1.82, 2.24) is 0 Å². The van der Waals surface area contributed by atoms with Crippen molar-refractivity contribution in [2.45, 2.75) is 16.7 Å². The van der Waals surface area contributed by atoms with Crippen LogP contribution < -0.4 is 9.47 Å². The van der Waals surface area contributed by atoms with E-state index in [1.54, 1.807) is 24.3 Å². The molecule has 2 aromatic rings. The second-order valence-electron chi connectivity index (χ2n) is 4.36. The standard InChI is InChI=1S/C15H16O4S/c1-11-8-13(19-3)10-15(9-11)20(16,17)14-6-4-12(18-2)5-7-14/h4-10H,1-3H3. The average Bonchev–Trinajstić information content (AvgIpc) is 2.46. The smallest absolute Gasteiger partial charge is 0.206 e. The van der Waals surface area contributed by atoms with Gasteiger partial charge < -0.3 is 9.47 Å². The van der Waals surface area contributed by atoms with E-state index in [1.165, 1.54) is 32.4 Å². The molecule has 0 saturated heterocycles. The third-order valence-electron chi connectivity index (χ3n) is 2.94. The lowest BCUT2D eigenvalue weighted by Crippen LogP contribution is -2.03. The number of sulfone groups is 1. The first-order valence-electron chi connectivity index (χ1n) is 6.02. The van der Waals surface area contributed by atoms with E-state index in [0.29, 0.717) is 11.5 Å². The summed E-state index contributed by atoms with van der Waals surface area (Å²) in [5.41, 5.74) is 0.830. The van der Waals surface area contributed by atoms with Gasteiger partial charge in [-0.1, -0.05) is 0 Å². The lowest BCUT2D eigenvalue weighted by Gasteiger charge is -2.09. The second-order valence-corrected chi connectivity index (χ2v) is 6.31.